The van der Waals surface area contributed by atoms with Crippen molar-refractivity contribution in [1.29, 1.82) is 0 Å². The monoisotopic (exact) mass is 306 g/mol. The molecule has 0 atom stereocenters. The molecule has 0 unspecified atom stereocenters. The highest BCUT2D eigenvalue weighted by atomic mass is 32.2. The van der Waals surface area contributed by atoms with Crippen LogP contribution in [0.2, 0.25) is 0 Å². The molecule has 0 aromatic heterocycles. The van der Waals surface area contributed by atoms with Gasteiger partial charge in [0.25, 0.3) is 0 Å². The molecule has 0 spiro atoms. The predicted octanol–water partition coefficient (Wildman–Crippen LogP) is 3.52. The van der Waals surface area contributed by atoms with Crippen molar-refractivity contribution in [2.75, 3.05) is 24.7 Å². The maximum atomic E-state index is 9.01. The summed E-state index contributed by atoms with van der Waals surface area (Å²) in [5.41, 5.74) is 2.37. The fraction of sp³-hybridized carbons (Fsp3) is 0.250. The van der Waals surface area contributed by atoms with Gasteiger partial charge in [-0.2, -0.15) is 0 Å². The number of hydrogen-bond donors (Lipinski definition) is 2. The fourth-order valence-corrected chi connectivity index (χ4v) is 3.58. The van der Waals surface area contributed by atoms with Gasteiger partial charge in [-0.25, -0.2) is 0 Å². The zero-order chi connectivity index (χ0) is 14.2. The van der Waals surface area contributed by atoms with Gasteiger partial charge in [0, 0.05) is 21.3 Å². The summed E-state index contributed by atoms with van der Waals surface area (Å²) < 4.78 is 0. The maximum absolute atomic E-state index is 9.01. The molecule has 0 heterocycles. The molecule has 2 nitrogen and oxygen atoms in total. The van der Waals surface area contributed by atoms with Crippen molar-refractivity contribution >= 4 is 23.5 Å². The average Bonchev–Trinajstić information content (AvgIpc) is 2.51. The quantitative estimate of drug-likeness (QED) is 0.768. The zero-order valence-corrected chi connectivity index (χ0v) is 12.8. The van der Waals surface area contributed by atoms with Crippen LogP contribution in [0.3, 0.4) is 0 Å². The first-order valence-electron chi connectivity index (χ1n) is 6.52. The lowest BCUT2D eigenvalue weighted by Gasteiger charge is -2.12. The minimum absolute atomic E-state index is 0.180. The molecule has 0 saturated carbocycles. The van der Waals surface area contributed by atoms with Crippen molar-refractivity contribution in [3.8, 4) is 11.1 Å². The van der Waals surface area contributed by atoms with Gasteiger partial charge in [0.2, 0.25) is 0 Å². The van der Waals surface area contributed by atoms with Crippen molar-refractivity contribution in [2.24, 2.45) is 0 Å². The highest BCUT2D eigenvalue weighted by molar-refractivity contribution is 7.99. The molecule has 20 heavy (non-hydrogen) atoms. The molecule has 106 valence electrons. The molecule has 2 N–H and O–H groups in total. The summed E-state index contributed by atoms with van der Waals surface area (Å²) in [5, 5.41) is 18.0. The second-order valence-corrected chi connectivity index (χ2v) is 6.41. The van der Waals surface area contributed by atoms with E-state index in [9.17, 15) is 0 Å². The standard InChI is InChI=1S/C16H18O2S2/c17-9-11-19-15-7-3-1-5-13(15)14-6-2-4-8-16(14)20-12-10-18/h1-8,17-18H,9-12H2. The number of thioether (sulfide) groups is 2. The molecule has 0 aliphatic heterocycles. The van der Waals surface area contributed by atoms with Gasteiger partial charge in [-0.1, -0.05) is 36.4 Å². The van der Waals surface area contributed by atoms with Gasteiger partial charge in [-0.15, -0.1) is 23.5 Å². The van der Waals surface area contributed by atoms with Crippen LogP contribution in [-0.2, 0) is 0 Å². The predicted molar refractivity (Wildman–Crippen MR) is 87.5 cm³/mol. The van der Waals surface area contributed by atoms with Gasteiger partial charge in [0.15, 0.2) is 0 Å². The van der Waals surface area contributed by atoms with Gasteiger partial charge < -0.3 is 10.2 Å². The lowest BCUT2D eigenvalue weighted by molar-refractivity contribution is 0.322. The van der Waals surface area contributed by atoms with Crippen LogP contribution < -0.4 is 0 Å². The third-order valence-corrected chi connectivity index (χ3v) is 4.87. The summed E-state index contributed by atoms with van der Waals surface area (Å²) in [4.78, 5) is 2.36. The van der Waals surface area contributed by atoms with Crippen LogP contribution in [0.15, 0.2) is 58.3 Å². The molecule has 0 fully saturated rings. The topological polar surface area (TPSA) is 40.5 Å². The van der Waals surface area contributed by atoms with Gasteiger partial charge in [-0.05, 0) is 23.3 Å². The Morgan fingerprint density at radius 1 is 0.650 bits per heavy atom. The summed E-state index contributed by atoms with van der Waals surface area (Å²) >= 11 is 3.33. The van der Waals surface area contributed by atoms with Crippen molar-refractivity contribution in [1.82, 2.24) is 0 Å². The van der Waals surface area contributed by atoms with E-state index in [0.717, 1.165) is 0 Å². The smallest absolute Gasteiger partial charge is 0.0525 e. The summed E-state index contributed by atoms with van der Waals surface area (Å²) in [7, 11) is 0. The van der Waals surface area contributed by atoms with Crippen LogP contribution in [0.5, 0.6) is 0 Å². The minimum Gasteiger partial charge on any atom is -0.396 e. The lowest BCUT2D eigenvalue weighted by atomic mass is 10.1. The summed E-state index contributed by atoms with van der Waals surface area (Å²) in [5.74, 6) is 1.39. The molecule has 2 aromatic rings. The van der Waals surface area contributed by atoms with E-state index in [1.165, 1.54) is 20.9 Å². The second kappa shape index (κ2) is 8.37. The number of aliphatic hydroxyl groups excluding tert-OH is 2. The molecule has 0 saturated heterocycles. The van der Waals surface area contributed by atoms with Gasteiger partial charge in [0.05, 0.1) is 13.2 Å². The van der Waals surface area contributed by atoms with E-state index in [1.807, 2.05) is 24.3 Å². The van der Waals surface area contributed by atoms with Crippen LogP contribution in [-0.4, -0.2) is 34.9 Å². The Morgan fingerprint density at radius 2 is 1.05 bits per heavy atom. The van der Waals surface area contributed by atoms with Crippen molar-refractivity contribution in [3.05, 3.63) is 48.5 Å². The molecule has 0 radical (unpaired) electrons. The number of hydrogen-bond acceptors (Lipinski definition) is 4. The lowest BCUT2D eigenvalue weighted by Crippen LogP contribution is -1.91. The van der Waals surface area contributed by atoms with Crippen LogP contribution >= 0.6 is 23.5 Å². The fourth-order valence-electron chi connectivity index (χ4n) is 1.94. The Morgan fingerprint density at radius 3 is 1.45 bits per heavy atom. The Hall–Kier alpha value is -0.940. The summed E-state index contributed by atoms with van der Waals surface area (Å²) in [6, 6.07) is 16.5. The minimum atomic E-state index is 0.180. The number of aliphatic hydroxyl groups is 2. The van der Waals surface area contributed by atoms with E-state index in [1.54, 1.807) is 23.5 Å². The molecule has 0 aliphatic rings. The summed E-state index contributed by atoms with van der Waals surface area (Å²) in [6.45, 7) is 0.361. The highest BCUT2D eigenvalue weighted by Crippen LogP contribution is 2.36. The van der Waals surface area contributed by atoms with E-state index >= 15 is 0 Å². The van der Waals surface area contributed by atoms with Crippen molar-refractivity contribution in [2.45, 2.75) is 9.79 Å². The molecular formula is C16H18O2S2. The van der Waals surface area contributed by atoms with Gasteiger partial charge in [0.1, 0.15) is 0 Å². The van der Waals surface area contributed by atoms with Gasteiger partial charge >= 0.3 is 0 Å². The first kappa shape index (κ1) is 15.4. The van der Waals surface area contributed by atoms with Crippen LogP contribution in [0.1, 0.15) is 0 Å². The first-order valence-corrected chi connectivity index (χ1v) is 8.49. The molecule has 2 rings (SSSR count). The highest BCUT2D eigenvalue weighted by Gasteiger charge is 2.09. The SMILES string of the molecule is OCCSc1ccccc1-c1ccccc1SCCO. The number of benzene rings is 2. The Labute approximate surface area is 128 Å². The van der Waals surface area contributed by atoms with E-state index in [4.69, 9.17) is 10.2 Å². The van der Waals surface area contributed by atoms with E-state index < -0.39 is 0 Å². The zero-order valence-electron chi connectivity index (χ0n) is 11.2. The Kier molecular flexibility index (Phi) is 6.47. The normalized spacial score (nSPS) is 10.7. The molecular weight excluding hydrogens is 288 g/mol. The van der Waals surface area contributed by atoms with Gasteiger partial charge in [-0.3, -0.25) is 0 Å². The maximum Gasteiger partial charge on any atom is 0.0525 e. The average molecular weight is 306 g/mol. The first-order chi connectivity index (χ1) is 9.86. The third-order valence-electron chi connectivity index (χ3n) is 2.76. The van der Waals surface area contributed by atoms with Crippen LogP contribution in [0.25, 0.3) is 11.1 Å². The van der Waals surface area contributed by atoms with Crippen LogP contribution in [0.4, 0.5) is 0 Å². The van der Waals surface area contributed by atoms with E-state index in [0.29, 0.717) is 11.5 Å². The van der Waals surface area contributed by atoms with Crippen molar-refractivity contribution in [3.63, 3.8) is 0 Å². The Bertz CT molecular complexity index is 494. The van der Waals surface area contributed by atoms with E-state index in [-0.39, 0.29) is 13.2 Å². The molecule has 4 heteroatoms. The van der Waals surface area contributed by atoms with E-state index in [2.05, 4.69) is 24.3 Å². The largest absolute Gasteiger partial charge is 0.396 e. The molecule has 0 aliphatic carbocycles. The number of rotatable bonds is 7. The van der Waals surface area contributed by atoms with Crippen molar-refractivity contribution < 1.29 is 10.2 Å². The molecule has 2 aromatic carbocycles. The second-order valence-electron chi connectivity index (χ2n) is 4.14. The Balaban J connectivity index is 2.35. The summed E-state index contributed by atoms with van der Waals surface area (Å²) in [6.07, 6.45) is 0. The molecule has 0 bridgehead atoms. The van der Waals surface area contributed by atoms with Crippen LogP contribution in [0, 0.1) is 0 Å². The third kappa shape index (κ3) is 4.03. The molecule has 0 amide bonds.